The van der Waals surface area contributed by atoms with Gasteiger partial charge in [0.1, 0.15) is 0 Å². The van der Waals surface area contributed by atoms with Crippen LogP contribution in [-0.4, -0.2) is 15.5 Å². The van der Waals surface area contributed by atoms with E-state index in [4.69, 9.17) is 0 Å². The summed E-state index contributed by atoms with van der Waals surface area (Å²) in [7, 11) is -2.43. The summed E-state index contributed by atoms with van der Waals surface area (Å²) in [6.07, 6.45) is 0. The standard InChI is InChI=1S/C8H9BrO3S/c1-6-3-4-7(5-8(6)9)13(10,11)12-2/h3-5H,1-2H3. The zero-order chi connectivity index (χ0) is 10.1. The number of hydrogen-bond donors (Lipinski definition) is 0. The van der Waals surface area contributed by atoms with Crippen molar-refractivity contribution in [3.63, 3.8) is 0 Å². The molecule has 0 aliphatic rings. The Morgan fingerprint density at radius 3 is 2.46 bits per heavy atom. The molecular formula is C8H9BrO3S. The lowest BCUT2D eigenvalue weighted by atomic mass is 10.2. The van der Waals surface area contributed by atoms with Gasteiger partial charge in [-0.2, -0.15) is 8.42 Å². The Balaban J connectivity index is 3.27. The van der Waals surface area contributed by atoms with Gasteiger partial charge in [-0.3, -0.25) is 4.18 Å². The average molecular weight is 265 g/mol. The molecule has 0 N–H and O–H groups in total. The second-order valence-electron chi connectivity index (χ2n) is 2.53. The molecule has 0 aliphatic heterocycles. The molecule has 0 heterocycles. The van der Waals surface area contributed by atoms with Crippen molar-refractivity contribution in [1.29, 1.82) is 0 Å². The van der Waals surface area contributed by atoms with Crippen molar-refractivity contribution >= 4 is 26.0 Å². The first-order valence-corrected chi connectivity index (χ1v) is 5.74. The van der Waals surface area contributed by atoms with E-state index in [1.54, 1.807) is 6.07 Å². The van der Waals surface area contributed by atoms with E-state index in [-0.39, 0.29) is 4.90 Å². The Labute approximate surface area is 86.0 Å². The van der Waals surface area contributed by atoms with Gasteiger partial charge in [0.05, 0.1) is 12.0 Å². The van der Waals surface area contributed by atoms with Crippen LogP contribution < -0.4 is 0 Å². The van der Waals surface area contributed by atoms with Crippen LogP contribution in [0.1, 0.15) is 5.56 Å². The van der Waals surface area contributed by atoms with E-state index in [9.17, 15) is 8.42 Å². The van der Waals surface area contributed by atoms with Crippen molar-refractivity contribution in [3.05, 3.63) is 28.2 Å². The summed E-state index contributed by atoms with van der Waals surface area (Å²) < 4.78 is 27.6. The third-order valence-corrected chi connectivity index (χ3v) is 3.78. The van der Waals surface area contributed by atoms with Crippen LogP contribution in [0.4, 0.5) is 0 Å². The van der Waals surface area contributed by atoms with E-state index in [2.05, 4.69) is 20.1 Å². The summed E-state index contributed by atoms with van der Waals surface area (Å²) in [4.78, 5) is 0.160. The summed E-state index contributed by atoms with van der Waals surface area (Å²) in [5.41, 5.74) is 0.982. The number of benzene rings is 1. The van der Waals surface area contributed by atoms with Crippen LogP contribution in [0, 0.1) is 6.92 Å². The summed E-state index contributed by atoms with van der Waals surface area (Å²) in [6, 6.07) is 4.75. The molecule has 1 aromatic carbocycles. The van der Waals surface area contributed by atoms with Gasteiger partial charge < -0.3 is 0 Å². The van der Waals surface area contributed by atoms with E-state index in [1.165, 1.54) is 12.1 Å². The van der Waals surface area contributed by atoms with Gasteiger partial charge in [-0.1, -0.05) is 22.0 Å². The highest BCUT2D eigenvalue weighted by molar-refractivity contribution is 9.10. The van der Waals surface area contributed by atoms with E-state index in [0.29, 0.717) is 0 Å². The fraction of sp³-hybridized carbons (Fsp3) is 0.250. The first kappa shape index (κ1) is 10.7. The summed E-state index contributed by atoms with van der Waals surface area (Å²) in [5, 5.41) is 0. The summed E-state index contributed by atoms with van der Waals surface area (Å²) >= 11 is 3.25. The molecule has 5 heteroatoms. The van der Waals surface area contributed by atoms with Crippen molar-refractivity contribution in [2.75, 3.05) is 7.11 Å². The number of halogens is 1. The molecule has 0 aliphatic carbocycles. The largest absolute Gasteiger partial charge is 0.296 e. The Morgan fingerprint density at radius 1 is 1.38 bits per heavy atom. The second kappa shape index (κ2) is 3.77. The fourth-order valence-electron chi connectivity index (χ4n) is 0.825. The maximum Gasteiger partial charge on any atom is 0.296 e. The average Bonchev–Trinajstić information content (AvgIpc) is 2.09. The van der Waals surface area contributed by atoms with Gasteiger partial charge in [0.2, 0.25) is 0 Å². The van der Waals surface area contributed by atoms with E-state index in [0.717, 1.165) is 17.1 Å². The van der Waals surface area contributed by atoms with E-state index < -0.39 is 10.1 Å². The highest BCUT2D eigenvalue weighted by Gasteiger charge is 2.13. The fourth-order valence-corrected chi connectivity index (χ4v) is 2.04. The lowest BCUT2D eigenvalue weighted by Crippen LogP contribution is -2.02. The molecule has 0 radical (unpaired) electrons. The van der Waals surface area contributed by atoms with Crippen molar-refractivity contribution in [3.8, 4) is 0 Å². The molecule has 0 unspecified atom stereocenters. The lowest BCUT2D eigenvalue weighted by Gasteiger charge is -2.03. The maximum absolute atomic E-state index is 11.2. The van der Waals surface area contributed by atoms with Gasteiger partial charge >= 0.3 is 0 Å². The minimum atomic E-state index is -3.57. The van der Waals surface area contributed by atoms with Crippen molar-refractivity contribution in [2.24, 2.45) is 0 Å². The highest BCUT2D eigenvalue weighted by Crippen LogP contribution is 2.21. The third-order valence-electron chi connectivity index (χ3n) is 1.65. The topological polar surface area (TPSA) is 43.4 Å². The Hall–Kier alpha value is -0.390. The summed E-state index contributed by atoms with van der Waals surface area (Å²) in [6.45, 7) is 1.88. The van der Waals surface area contributed by atoms with Crippen LogP contribution in [0.3, 0.4) is 0 Å². The molecular weight excluding hydrogens is 256 g/mol. The van der Waals surface area contributed by atoms with E-state index >= 15 is 0 Å². The lowest BCUT2D eigenvalue weighted by molar-refractivity contribution is 0.397. The van der Waals surface area contributed by atoms with Gasteiger partial charge in [0.25, 0.3) is 10.1 Å². The number of rotatable bonds is 2. The number of aryl methyl sites for hydroxylation is 1. The molecule has 0 spiro atoms. The molecule has 0 saturated heterocycles. The predicted molar refractivity (Wildman–Crippen MR) is 53.1 cm³/mol. The Morgan fingerprint density at radius 2 is 2.00 bits per heavy atom. The normalized spacial score (nSPS) is 11.6. The van der Waals surface area contributed by atoms with Crippen LogP contribution in [-0.2, 0) is 14.3 Å². The Kier molecular flexibility index (Phi) is 3.10. The minimum Gasteiger partial charge on any atom is -0.270 e. The van der Waals surface area contributed by atoms with Crippen LogP contribution in [0.5, 0.6) is 0 Å². The molecule has 13 heavy (non-hydrogen) atoms. The van der Waals surface area contributed by atoms with Gasteiger partial charge in [-0.15, -0.1) is 0 Å². The molecule has 0 amide bonds. The quantitative estimate of drug-likeness (QED) is 0.769. The van der Waals surface area contributed by atoms with E-state index in [1.807, 2.05) is 6.92 Å². The van der Waals surface area contributed by atoms with Crippen LogP contribution in [0.15, 0.2) is 27.6 Å². The third kappa shape index (κ3) is 2.30. The molecule has 0 saturated carbocycles. The van der Waals surface area contributed by atoms with Crippen LogP contribution >= 0.6 is 15.9 Å². The van der Waals surface area contributed by atoms with Crippen LogP contribution in [0.25, 0.3) is 0 Å². The Bertz CT molecular complexity index is 411. The number of hydrogen-bond acceptors (Lipinski definition) is 3. The molecule has 72 valence electrons. The zero-order valence-electron chi connectivity index (χ0n) is 7.24. The van der Waals surface area contributed by atoms with Crippen molar-refractivity contribution in [2.45, 2.75) is 11.8 Å². The molecule has 1 rings (SSSR count). The highest BCUT2D eigenvalue weighted by atomic mass is 79.9. The molecule has 0 fully saturated rings. The predicted octanol–water partition coefficient (Wildman–Crippen LogP) is 2.09. The summed E-state index contributed by atoms with van der Waals surface area (Å²) in [5.74, 6) is 0. The van der Waals surface area contributed by atoms with Gasteiger partial charge in [-0.25, -0.2) is 0 Å². The monoisotopic (exact) mass is 264 g/mol. The van der Waals surface area contributed by atoms with Crippen molar-refractivity contribution < 1.29 is 12.6 Å². The first-order chi connectivity index (χ1) is 5.97. The van der Waals surface area contributed by atoms with Crippen molar-refractivity contribution in [1.82, 2.24) is 0 Å². The maximum atomic E-state index is 11.2. The zero-order valence-corrected chi connectivity index (χ0v) is 9.65. The molecule has 3 nitrogen and oxygen atoms in total. The molecule has 0 aromatic heterocycles. The second-order valence-corrected chi connectivity index (χ2v) is 5.10. The molecule has 0 atom stereocenters. The minimum absolute atomic E-state index is 0.160. The smallest absolute Gasteiger partial charge is 0.270 e. The first-order valence-electron chi connectivity index (χ1n) is 3.54. The molecule has 0 bridgehead atoms. The van der Waals surface area contributed by atoms with Gasteiger partial charge in [0, 0.05) is 4.47 Å². The van der Waals surface area contributed by atoms with Crippen LogP contribution in [0.2, 0.25) is 0 Å². The molecule has 1 aromatic rings. The van der Waals surface area contributed by atoms with Gasteiger partial charge in [0.15, 0.2) is 0 Å². The SMILES string of the molecule is COS(=O)(=O)c1ccc(C)c(Br)c1. The van der Waals surface area contributed by atoms with Gasteiger partial charge in [-0.05, 0) is 24.6 Å².